The lowest BCUT2D eigenvalue weighted by molar-refractivity contribution is 0.278. The highest BCUT2D eigenvalue weighted by Crippen LogP contribution is 2.24. The summed E-state index contributed by atoms with van der Waals surface area (Å²) in [7, 11) is -1.55. The first kappa shape index (κ1) is 16.9. The first-order chi connectivity index (χ1) is 9.16. The third kappa shape index (κ3) is 3.94. The van der Waals surface area contributed by atoms with Crippen molar-refractivity contribution in [2.24, 2.45) is 0 Å². The number of nitrogens with zero attached hydrogens (tertiary/aromatic N) is 1. The van der Waals surface area contributed by atoms with E-state index in [4.69, 9.17) is 5.73 Å². The molecule has 0 saturated heterocycles. The number of benzene rings is 1. The Morgan fingerprint density at radius 3 is 2.45 bits per heavy atom. The standard InChI is InChI=1S/C14H25N3O2S/c1-10(2)17(5)9-8-16-20(18,19)14-11(3)6-7-13(15)12(14)4/h6-7,10,16H,8-9,15H2,1-5H3. The zero-order valence-electron chi connectivity index (χ0n) is 12.9. The molecular weight excluding hydrogens is 274 g/mol. The van der Waals surface area contributed by atoms with E-state index in [-0.39, 0.29) is 0 Å². The van der Waals surface area contributed by atoms with Crippen molar-refractivity contribution in [3.63, 3.8) is 0 Å². The molecule has 0 fully saturated rings. The lowest BCUT2D eigenvalue weighted by Gasteiger charge is -2.21. The van der Waals surface area contributed by atoms with Crippen LogP contribution in [0.3, 0.4) is 0 Å². The second-order valence-electron chi connectivity index (χ2n) is 5.40. The van der Waals surface area contributed by atoms with E-state index in [1.807, 2.05) is 7.05 Å². The molecule has 6 heteroatoms. The highest BCUT2D eigenvalue weighted by Gasteiger charge is 2.20. The Morgan fingerprint density at radius 2 is 1.90 bits per heavy atom. The monoisotopic (exact) mass is 299 g/mol. The molecule has 114 valence electrons. The second kappa shape index (κ2) is 6.56. The maximum Gasteiger partial charge on any atom is 0.241 e. The molecule has 0 bridgehead atoms. The fourth-order valence-corrected chi connectivity index (χ4v) is 3.46. The van der Waals surface area contributed by atoms with Gasteiger partial charge in [-0.3, -0.25) is 0 Å². The minimum atomic E-state index is -3.52. The molecule has 20 heavy (non-hydrogen) atoms. The third-order valence-corrected chi connectivity index (χ3v) is 5.30. The van der Waals surface area contributed by atoms with E-state index in [1.165, 1.54) is 0 Å². The van der Waals surface area contributed by atoms with Gasteiger partial charge in [0.05, 0.1) is 4.90 Å². The van der Waals surface area contributed by atoms with E-state index in [0.717, 1.165) is 0 Å². The normalized spacial score (nSPS) is 12.3. The van der Waals surface area contributed by atoms with E-state index in [2.05, 4.69) is 23.5 Å². The van der Waals surface area contributed by atoms with Crippen LogP contribution in [0.4, 0.5) is 5.69 Å². The first-order valence-electron chi connectivity index (χ1n) is 6.72. The topological polar surface area (TPSA) is 75.4 Å². The average molecular weight is 299 g/mol. The van der Waals surface area contributed by atoms with E-state index in [0.29, 0.717) is 40.8 Å². The number of hydrogen-bond donors (Lipinski definition) is 2. The quantitative estimate of drug-likeness (QED) is 0.781. The van der Waals surface area contributed by atoms with Crippen molar-refractivity contribution in [2.45, 2.75) is 38.6 Å². The Morgan fingerprint density at radius 1 is 1.30 bits per heavy atom. The van der Waals surface area contributed by atoms with Gasteiger partial charge in [0.2, 0.25) is 10.0 Å². The van der Waals surface area contributed by atoms with E-state index >= 15 is 0 Å². The van der Waals surface area contributed by atoms with Crippen molar-refractivity contribution < 1.29 is 8.42 Å². The molecule has 0 aliphatic heterocycles. The summed E-state index contributed by atoms with van der Waals surface area (Å²) in [4.78, 5) is 2.38. The van der Waals surface area contributed by atoms with Gasteiger partial charge in [0.25, 0.3) is 0 Å². The van der Waals surface area contributed by atoms with Crippen LogP contribution in [0.1, 0.15) is 25.0 Å². The van der Waals surface area contributed by atoms with Crippen molar-refractivity contribution in [3.05, 3.63) is 23.3 Å². The largest absolute Gasteiger partial charge is 0.398 e. The van der Waals surface area contributed by atoms with Crippen LogP contribution in [-0.2, 0) is 10.0 Å². The SMILES string of the molecule is Cc1ccc(N)c(C)c1S(=O)(=O)NCCN(C)C(C)C. The number of hydrogen-bond acceptors (Lipinski definition) is 4. The van der Waals surface area contributed by atoms with Crippen LogP contribution in [-0.4, -0.2) is 39.5 Å². The van der Waals surface area contributed by atoms with Gasteiger partial charge in [-0.25, -0.2) is 13.1 Å². The van der Waals surface area contributed by atoms with Gasteiger partial charge in [0.1, 0.15) is 0 Å². The van der Waals surface area contributed by atoms with Crippen LogP contribution in [0.25, 0.3) is 0 Å². The van der Waals surface area contributed by atoms with Crippen molar-refractivity contribution in [3.8, 4) is 0 Å². The highest BCUT2D eigenvalue weighted by molar-refractivity contribution is 7.89. The summed E-state index contributed by atoms with van der Waals surface area (Å²) in [6, 6.07) is 3.85. The molecule has 1 aromatic carbocycles. The lowest BCUT2D eigenvalue weighted by atomic mass is 10.1. The van der Waals surface area contributed by atoms with Crippen LogP contribution in [0, 0.1) is 13.8 Å². The summed E-state index contributed by atoms with van der Waals surface area (Å²) in [5, 5.41) is 0. The Balaban J connectivity index is 2.88. The average Bonchev–Trinajstić information content (AvgIpc) is 2.33. The number of anilines is 1. The lowest BCUT2D eigenvalue weighted by Crippen LogP contribution is -2.36. The van der Waals surface area contributed by atoms with Crippen LogP contribution in [0.15, 0.2) is 17.0 Å². The number of likely N-dealkylation sites (N-methyl/N-ethyl adjacent to an activating group) is 1. The molecule has 3 N–H and O–H groups in total. The van der Waals surface area contributed by atoms with E-state index in [9.17, 15) is 8.42 Å². The van der Waals surface area contributed by atoms with Gasteiger partial charge in [0.15, 0.2) is 0 Å². The van der Waals surface area contributed by atoms with E-state index in [1.54, 1.807) is 26.0 Å². The Kier molecular flexibility index (Phi) is 5.56. The number of nitrogens with one attached hydrogen (secondary N) is 1. The molecule has 0 atom stereocenters. The van der Waals surface area contributed by atoms with Crippen LogP contribution in [0.2, 0.25) is 0 Å². The molecule has 5 nitrogen and oxygen atoms in total. The summed E-state index contributed by atoms with van der Waals surface area (Å²) in [5.41, 5.74) is 7.61. The maximum absolute atomic E-state index is 12.4. The third-order valence-electron chi connectivity index (χ3n) is 3.55. The summed E-state index contributed by atoms with van der Waals surface area (Å²) in [6.07, 6.45) is 0. The second-order valence-corrected chi connectivity index (χ2v) is 7.10. The minimum Gasteiger partial charge on any atom is -0.398 e. The van der Waals surface area contributed by atoms with Gasteiger partial charge in [-0.05, 0) is 51.9 Å². The van der Waals surface area contributed by atoms with Crippen LogP contribution >= 0.6 is 0 Å². The van der Waals surface area contributed by atoms with Crippen molar-refractivity contribution >= 4 is 15.7 Å². The van der Waals surface area contributed by atoms with Crippen molar-refractivity contribution in [1.82, 2.24) is 9.62 Å². The molecule has 0 heterocycles. The zero-order chi connectivity index (χ0) is 15.5. The number of rotatable bonds is 6. The number of aryl methyl sites for hydroxylation is 1. The predicted molar refractivity (Wildman–Crippen MR) is 83.3 cm³/mol. The smallest absolute Gasteiger partial charge is 0.241 e. The van der Waals surface area contributed by atoms with Gasteiger partial charge in [0, 0.05) is 24.8 Å². The fraction of sp³-hybridized carbons (Fsp3) is 0.571. The van der Waals surface area contributed by atoms with Gasteiger partial charge in [-0.15, -0.1) is 0 Å². The molecule has 0 saturated carbocycles. The van der Waals surface area contributed by atoms with Gasteiger partial charge in [-0.2, -0.15) is 0 Å². The zero-order valence-corrected chi connectivity index (χ0v) is 13.7. The predicted octanol–water partition coefficient (Wildman–Crippen LogP) is 1.50. The van der Waals surface area contributed by atoms with Crippen molar-refractivity contribution in [1.29, 1.82) is 0 Å². The summed E-state index contributed by atoms with van der Waals surface area (Å²) in [5.74, 6) is 0. The summed E-state index contributed by atoms with van der Waals surface area (Å²) < 4.78 is 27.4. The number of nitrogens with two attached hydrogens (primary N) is 1. The maximum atomic E-state index is 12.4. The van der Waals surface area contributed by atoms with E-state index < -0.39 is 10.0 Å². The molecule has 0 spiro atoms. The molecule has 1 rings (SSSR count). The van der Waals surface area contributed by atoms with Crippen molar-refractivity contribution in [2.75, 3.05) is 25.9 Å². The van der Waals surface area contributed by atoms with Crippen LogP contribution < -0.4 is 10.5 Å². The molecule has 0 aliphatic rings. The highest BCUT2D eigenvalue weighted by atomic mass is 32.2. The Labute approximate surface area is 122 Å². The van der Waals surface area contributed by atoms with Gasteiger partial charge in [-0.1, -0.05) is 6.07 Å². The number of nitrogen functional groups attached to an aromatic ring is 1. The minimum absolute atomic E-state index is 0.296. The molecule has 0 amide bonds. The Hall–Kier alpha value is -1.11. The molecule has 0 aliphatic carbocycles. The van der Waals surface area contributed by atoms with Gasteiger partial charge >= 0.3 is 0 Å². The fourth-order valence-electron chi connectivity index (χ4n) is 1.94. The number of sulfonamides is 1. The molecule has 0 radical (unpaired) electrons. The molecule has 1 aromatic rings. The van der Waals surface area contributed by atoms with Crippen LogP contribution in [0.5, 0.6) is 0 Å². The van der Waals surface area contributed by atoms with Gasteiger partial charge < -0.3 is 10.6 Å². The summed E-state index contributed by atoms with van der Waals surface area (Å²) >= 11 is 0. The molecular formula is C14H25N3O2S. The molecule has 0 unspecified atom stereocenters. The summed E-state index contributed by atoms with van der Waals surface area (Å²) in [6.45, 7) is 8.70. The Bertz CT molecular complexity index is 568. The molecule has 0 aromatic heterocycles. The first-order valence-corrected chi connectivity index (χ1v) is 8.20.